The number of hydrogen-bond donors (Lipinski definition) is 1. The van der Waals surface area contributed by atoms with Crippen molar-refractivity contribution in [2.75, 3.05) is 65.6 Å². The van der Waals surface area contributed by atoms with E-state index < -0.39 is 24.2 Å². The summed E-state index contributed by atoms with van der Waals surface area (Å²) in [7, 11) is 0. The molecule has 1 aromatic rings. The van der Waals surface area contributed by atoms with Gasteiger partial charge in [-0.1, -0.05) is 30.3 Å². The fourth-order valence-electron chi connectivity index (χ4n) is 3.69. The van der Waals surface area contributed by atoms with Gasteiger partial charge in [0.15, 0.2) is 0 Å². The lowest BCUT2D eigenvalue weighted by Gasteiger charge is -2.34. The monoisotopic (exact) mass is 507 g/mol. The number of benzene rings is 1. The number of rotatable bonds is 14. The van der Waals surface area contributed by atoms with E-state index in [4.69, 9.17) is 19.3 Å². The molecule has 10 heteroatoms. The van der Waals surface area contributed by atoms with Crippen molar-refractivity contribution in [1.82, 2.24) is 14.7 Å². The summed E-state index contributed by atoms with van der Waals surface area (Å²) in [6.45, 7) is 11.4. The normalized spacial score (nSPS) is 14.9. The van der Waals surface area contributed by atoms with Gasteiger partial charge >= 0.3 is 18.0 Å². The van der Waals surface area contributed by atoms with Crippen LogP contribution in [0.1, 0.15) is 39.2 Å². The number of amides is 1. The fourth-order valence-corrected chi connectivity index (χ4v) is 3.69. The number of carbonyl (C=O) groups is 3. The highest BCUT2D eigenvalue weighted by Gasteiger charge is 2.24. The molecule has 0 aliphatic carbocycles. The topological polar surface area (TPSA) is 109 Å². The SMILES string of the molecule is CC(C)(C)OC(=O)N(CCOCCN1CCN(CCCC(=O)OCc2ccccc2)CC1)CC(=O)O. The van der Waals surface area contributed by atoms with Gasteiger partial charge in [-0.15, -0.1) is 0 Å². The Kier molecular flexibility index (Phi) is 12.7. The van der Waals surface area contributed by atoms with E-state index in [-0.39, 0.29) is 19.1 Å². The van der Waals surface area contributed by atoms with Gasteiger partial charge in [-0.3, -0.25) is 19.4 Å². The third kappa shape index (κ3) is 12.9. The standard InChI is InChI=1S/C26H41N3O7/c1-26(2,3)36-25(33)29(20-23(30)31)17-19-34-18-16-28-14-12-27(13-15-28)11-7-10-24(32)35-21-22-8-5-4-6-9-22/h4-6,8-9H,7,10-21H2,1-3H3,(H,30,31). The maximum Gasteiger partial charge on any atom is 0.410 e. The zero-order valence-electron chi connectivity index (χ0n) is 21.8. The van der Waals surface area contributed by atoms with E-state index in [2.05, 4.69) is 9.80 Å². The predicted molar refractivity (Wildman–Crippen MR) is 135 cm³/mol. The first-order valence-electron chi connectivity index (χ1n) is 12.5. The summed E-state index contributed by atoms with van der Waals surface area (Å²) < 4.78 is 16.2. The molecule has 0 unspecified atom stereocenters. The van der Waals surface area contributed by atoms with Crippen molar-refractivity contribution in [1.29, 1.82) is 0 Å². The van der Waals surface area contributed by atoms with Crippen LogP contribution >= 0.6 is 0 Å². The van der Waals surface area contributed by atoms with Gasteiger partial charge < -0.3 is 24.2 Å². The van der Waals surface area contributed by atoms with Crippen LogP contribution in [0.25, 0.3) is 0 Å². The molecule has 1 aliphatic rings. The largest absolute Gasteiger partial charge is 0.480 e. The molecule has 0 saturated carbocycles. The van der Waals surface area contributed by atoms with Gasteiger partial charge in [0.05, 0.1) is 13.2 Å². The summed E-state index contributed by atoms with van der Waals surface area (Å²) in [6, 6.07) is 9.67. The van der Waals surface area contributed by atoms with E-state index in [1.165, 1.54) is 0 Å². The summed E-state index contributed by atoms with van der Waals surface area (Å²) in [5.74, 6) is -1.26. The number of piperazine rings is 1. The number of aliphatic carboxylic acids is 1. The smallest absolute Gasteiger partial charge is 0.410 e. The highest BCUT2D eigenvalue weighted by Crippen LogP contribution is 2.10. The molecule has 0 atom stereocenters. The Hall–Kier alpha value is -2.69. The molecule has 202 valence electrons. The molecule has 1 aromatic carbocycles. The number of nitrogens with zero attached hydrogens (tertiary/aromatic N) is 3. The van der Waals surface area contributed by atoms with Gasteiger partial charge in [0, 0.05) is 45.7 Å². The number of carbonyl (C=O) groups excluding carboxylic acids is 2. The Morgan fingerprint density at radius 1 is 0.972 bits per heavy atom. The van der Waals surface area contributed by atoms with E-state index in [1.807, 2.05) is 30.3 Å². The lowest BCUT2D eigenvalue weighted by molar-refractivity contribution is -0.145. The van der Waals surface area contributed by atoms with Gasteiger partial charge in [0.2, 0.25) is 0 Å². The highest BCUT2D eigenvalue weighted by molar-refractivity contribution is 5.76. The molecule has 1 fully saturated rings. The summed E-state index contributed by atoms with van der Waals surface area (Å²) >= 11 is 0. The number of hydrogen-bond acceptors (Lipinski definition) is 8. The van der Waals surface area contributed by atoms with Crippen molar-refractivity contribution < 1.29 is 33.7 Å². The fraction of sp³-hybridized carbons (Fsp3) is 0.654. The first-order valence-corrected chi connectivity index (χ1v) is 12.5. The third-order valence-corrected chi connectivity index (χ3v) is 5.60. The minimum absolute atomic E-state index is 0.156. The Morgan fingerprint density at radius 3 is 2.22 bits per heavy atom. The van der Waals surface area contributed by atoms with E-state index in [1.54, 1.807) is 20.8 Å². The molecule has 1 N–H and O–H groups in total. The summed E-state index contributed by atoms with van der Waals surface area (Å²) in [6.07, 6.45) is 0.540. The number of ether oxygens (including phenoxy) is 3. The van der Waals surface area contributed by atoms with Crippen LogP contribution in [-0.2, 0) is 30.4 Å². The van der Waals surface area contributed by atoms with Gasteiger partial charge in [0.1, 0.15) is 18.8 Å². The second kappa shape index (κ2) is 15.4. The molecule has 2 rings (SSSR count). The maximum absolute atomic E-state index is 12.2. The average molecular weight is 508 g/mol. The van der Waals surface area contributed by atoms with Crippen molar-refractivity contribution in [2.45, 2.75) is 45.8 Å². The molecular formula is C26H41N3O7. The Bertz CT molecular complexity index is 806. The minimum atomic E-state index is -1.09. The van der Waals surface area contributed by atoms with Gasteiger partial charge in [-0.05, 0) is 39.3 Å². The molecule has 1 heterocycles. The van der Waals surface area contributed by atoms with E-state index in [0.717, 1.165) is 56.2 Å². The summed E-state index contributed by atoms with van der Waals surface area (Å²) in [5.41, 5.74) is 0.300. The molecule has 0 radical (unpaired) electrons. The third-order valence-electron chi connectivity index (χ3n) is 5.60. The number of carboxylic acid groups (broad SMARTS) is 1. The van der Waals surface area contributed by atoms with Crippen LogP contribution < -0.4 is 0 Å². The van der Waals surface area contributed by atoms with Crippen LogP contribution in [0.5, 0.6) is 0 Å². The molecule has 1 aliphatic heterocycles. The average Bonchev–Trinajstić information content (AvgIpc) is 2.82. The molecule has 1 amide bonds. The molecule has 0 aromatic heterocycles. The van der Waals surface area contributed by atoms with E-state index >= 15 is 0 Å². The number of carboxylic acids is 1. The van der Waals surface area contributed by atoms with E-state index in [9.17, 15) is 14.4 Å². The van der Waals surface area contributed by atoms with Crippen LogP contribution in [0.2, 0.25) is 0 Å². The Labute approximate surface area is 214 Å². The lowest BCUT2D eigenvalue weighted by atomic mass is 10.2. The first kappa shape index (κ1) is 29.5. The van der Waals surface area contributed by atoms with Crippen molar-refractivity contribution >= 4 is 18.0 Å². The summed E-state index contributed by atoms with van der Waals surface area (Å²) in [5, 5.41) is 9.05. The van der Waals surface area contributed by atoms with Crippen LogP contribution in [0.3, 0.4) is 0 Å². The van der Waals surface area contributed by atoms with Crippen molar-refractivity contribution in [3.8, 4) is 0 Å². The zero-order valence-corrected chi connectivity index (χ0v) is 21.8. The highest BCUT2D eigenvalue weighted by atomic mass is 16.6. The van der Waals surface area contributed by atoms with Gasteiger partial charge in [0.25, 0.3) is 0 Å². The second-order valence-corrected chi connectivity index (χ2v) is 9.84. The van der Waals surface area contributed by atoms with Crippen molar-refractivity contribution in [2.24, 2.45) is 0 Å². The molecule has 1 saturated heterocycles. The van der Waals surface area contributed by atoms with Crippen LogP contribution in [-0.4, -0.2) is 109 Å². The van der Waals surface area contributed by atoms with E-state index in [0.29, 0.717) is 19.6 Å². The zero-order chi connectivity index (χ0) is 26.4. The summed E-state index contributed by atoms with van der Waals surface area (Å²) in [4.78, 5) is 41.0. The molecule has 10 nitrogen and oxygen atoms in total. The van der Waals surface area contributed by atoms with Gasteiger partial charge in [-0.25, -0.2) is 4.79 Å². The van der Waals surface area contributed by atoms with Crippen LogP contribution in [0.15, 0.2) is 30.3 Å². The van der Waals surface area contributed by atoms with Crippen LogP contribution in [0.4, 0.5) is 4.79 Å². The molecule has 0 spiro atoms. The lowest BCUT2D eigenvalue weighted by Crippen LogP contribution is -2.47. The maximum atomic E-state index is 12.2. The Balaban J connectivity index is 1.53. The first-order chi connectivity index (χ1) is 17.1. The number of esters is 1. The second-order valence-electron chi connectivity index (χ2n) is 9.84. The van der Waals surface area contributed by atoms with Crippen molar-refractivity contribution in [3.05, 3.63) is 35.9 Å². The van der Waals surface area contributed by atoms with Crippen LogP contribution in [0, 0.1) is 0 Å². The predicted octanol–water partition coefficient (Wildman–Crippen LogP) is 2.47. The molecule has 36 heavy (non-hydrogen) atoms. The van der Waals surface area contributed by atoms with Crippen molar-refractivity contribution in [3.63, 3.8) is 0 Å². The van der Waals surface area contributed by atoms with Gasteiger partial charge in [-0.2, -0.15) is 0 Å². The molecule has 0 bridgehead atoms. The Morgan fingerprint density at radius 2 is 1.61 bits per heavy atom. The quantitative estimate of drug-likeness (QED) is 0.300. The minimum Gasteiger partial charge on any atom is -0.480 e. The molecular weight excluding hydrogens is 466 g/mol.